The summed E-state index contributed by atoms with van der Waals surface area (Å²) in [7, 11) is 1.46. The summed E-state index contributed by atoms with van der Waals surface area (Å²) in [5.74, 6) is -0.480. The Hall–Kier alpha value is -3.04. The second-order valence-electron chi connectivity index (χ2n) is 9.13. The monoisotopic (exact) mass is 519 g/mol. The van der Waals surface area contributed by atoms with E-state index in [-0.39, 0.29) is 60.2 Å². The van der Waals surface area contributed by atoms with Crippen molar-refractivity contribution in [2.45, 2.75) is 44.4 Å². The van der Waals surface area contributed by atoms with Crippen LogP contribution in [0.5, 0.6) is 11.5 Å². The number of amides is 2. The number of nitrogens with one attached hydrogen (secondary N) is 1. The molecule has 0 atom stereocenters. The molecule has 0 saturated carbocycles. The molecule has 194 valence electrons. The molecule has 2 saturated heterocycles. The summed E-state index contributed by atoms with van der Waals surface area (Å²) >= 11 is 0. The van der Waals surface area contributed by atoms with E-state index in [1.807, 2.05) is 24.3 Å². The minimum atomic E-state index is -0.574. The lowest BCUT2D eigenvalue weighted by Gasteiger charge is -2.40. The number of hydrogen-bond acceptors (Lipinski definition) is 6. The second-order valence-corrected chi connectivity index (χ2v) is 9.13. The highest BCUT2D eigenvalue weighted by Crippen LogP contribution is 2.34. The fourth-order valence-corrected chi connectivity index (χ4v) is 5.07. The molecule has 0 unspecified atom stereocenters. The minimum Gasteiger partial charge on any atom is -0.496 e. The molecule has 3 heterocycles. The predicted molar refractivity (Wildman–Crippen MR) is 135 cm³/mol. The number of methoxy groups -OCH3 is 1. The van der Waals surface area contributed by atoms with Crippen LogP contribution in [0.4, 0.5) is 14.9 Å². The van der Waals surface area contributed by atoms with Crippen molar-refractivity contribution >= 4 is 30.1 Å². The molecule has 0 spiro atoms. The molecule has 2 fully saturated rings. The predicted octanol–water partition coefficient (Wildman–Crippen LogP) is 4.15. The van der Waals surface area contributed by atoms with E-state index in [0.717, 1.165) is 37.2 Å². The molecule has 36 heavy (non-hydrogen) atoms. The van der Waals surface area contributed by atoms with Crippen LogP contribution in [0.25, 0.3) is 0 Å². The number of benzene rings is 2. The quantitative estimate of drug-likeness (QED) is 0.639. The molecule has 2 aromatic carbocycles. The highest BCUT2D eigenvalue weighted by atomic mass is 35.5. The van der Waals surface area contributed by atoms with Crippen LogP contribution in [0.3, 0.4) is 0 Å². The van der Waals surface area contributed by atoms with Crippen LogP contribution in [0.1, 0.15) is 41.6 Å². The first-order valence-corrected chi connectivity index (χ1v) is 12.1. The standard InChI is InChI=1S/C26H30FN3O5.ClH/c1-33-23-15-24(35-19-6-10-28-11-7-19)21(27)14-20(23)25(31)29-12-8-18(9-13-29)30-22-5-3-2-4-17(22)16-34-26(30)32;/h2-5,14-15,18-19,28H,6-13,16H2,1H3;1H. The molecule has 3 aliphatic rings. The lowest BCUT2D eigenvalue weighted by molar-refractivity contribution is 0.0704. The summed E-state index contributed by atoms with van der Waals surface area (Å²) in [6.07, 6.45) is 2.36. The Morgan fingerprint density at radius 2 is 1.81 bits per heavy atom. The van der Waals surface area contributed by atoms with Crippen LogP contribution in [0, 0.1) is 5.82 Å². The van der Waals surface area contributed by atoms with Crippen molar-refractivity contribution in [3.8, 4) is 11.5 Å². The van der Waals surface area contributed by atoms with E-state index < -0.39 is 5.82 Å². The summed E-state index contributed by atoms with van der Waals surface area (Å²) in [6.45, 7) is 2.81. The summed E-state index contributed by atoms with van der Waals surface area (Å²) in [5.41, 5.74) is 2.00. The maximum absolute atomic E-state index is 14.9. The third-order valence-corrected chi connectivity index (χ3v) is 6.98. The molecule has 2 aromatic rings. The molecule has 5 rings (SSSR count). The topological polar surface area (TPSA) is 80.3 Å². The highest BCUT2D eigenvalue weighted by molar-refractivity contribution is 5.97. The Labute approximate surface area is 216 Å². The molecule has 8 nitrogen and oxygen atoms in total. The maximum Gasteiger partial charge on any atom is 0.414 e. The molecule has 0 radical (unpaired) electrons. The van der Waals surface area contributed by atoms with Gasteiger partial charge in [0.05, 0.1) is 18.4 Å². The number of carbonyl (C=O) groups is 2. The van der Waals surface area contributed by atoms with Gasteiger partial charge in [-0.15, -0.1) is 12.4 Å². The van der Waals surface area contributed by atoms with Crippen LogP contribution in [0.15, 0.2) is 36.4 Å². The highest BCUT2D eigenvalue weighted by Gasteiger charge is 2.35. The van der Waals surface area contributed by atoms with Crippen molar-refractivity contribution in [2.75, 3.05) is 38.2 Å². The third kappa shape index (κ3) is 5.22. The largest absolute Gasteiger partial charge is 0.496 e. The Kier molecular flexibility index (Phi) is 8.21. The van der Waals surface area contributed by atoms with Gasteiger partial charge in [-0.1, -0.05) is 18.2 Å². The third-order valence-electron chi connectivity index (χ3n) is 6.98. The zero-order valence-electron chi connectivity index (χ0n) is 20.2. The first kappa shape index (κ1) is 26.0. The van der Waals surface area contributed by atoms with Crippen LogP contribution in [-0.2, 0) is 11.3 Å². The number of ether oxygens (including phenoxy) is 3. The Balaban J connectivity index is 0.00000304. The van der Waals surface area contributed by atoms with Crippen molar-refractivity contribution in [3.63, 3.8) is 0 Å². The fraction of sp³-hybridized carbons (Fsp3) is 0.462. The van der Waals surface area contributed by atoms with E-state index in [4.69, 9.17) is 14.2 Å². The number of cyclic esters (lactones) is 1. The van der Waals surface area contributed by atoms with Gasteiger partial charge >= 0.3 is 6.09 Å². The normalized spacial score (nSPS) is 18.7. The molecular formula is C26H31ClFN3O5. The van der Waals surface area contributed by atoms with Gasteiger partial charge in [0.25, 0.3) is 5.91 Å². The van der Waals surface area contributed by atoms with E-state index in [0.29, 0.717) is 25.9 Å². The first-order chi connectivity index (χ1) is 17.0. The molecule has 10 heteroatoms. The van der Waals surface area contributed by atoms with Crippen LogP contribution in [0.2, 0.25) is 0 Å². The smallest absolute Gasteiger partial charge is 0.414 e. The zero-order valence-corrected chi connectivity index (χ0v) is 21.0. The van der Waals surface area contributed by atoms with Crippen LogP contribution >= 0.6 is 12.4 Å². The number of fused-ring (bicyclic) bond motifs is 1. The van der Waals surface area contributed by atoms with Crippen molar-refractivity contribution < 1.29 is 28.2 Å². The minimum absolute atomic E-state index is 0. The Morgan fingerprint density at radius 1 is 1.08 bits per heavy atom. The number of nitrogens with zero attached hydrogens (tertiary/aromatic N) is 2. The van der Waals surface area contributed by atoms with Crippen molar-refractivity contribution in [1.82, 2.24) is 10.2 Å². The van der Waals surface area contributed by atoms with Crippen LogP contribution < -0.4 is 19.7 Å². The molecule has 1 N–H and O–H groups in total. The lowest BCUT2D eigenvalue weighted by Crippen LogP contribution is -2.50. The van der Waals surface area contributed by atoms with Gasteiger partial charge in [0.15, 0.2) is 11.6 Å². The van der Waals surface area contributed by atoms with E-state index in [1.54, 1.807) is 9.80 Å². The zero-order chi connectivity index (χ0) is 24.4. The second kappa shape index (κ2) is 11.3. The number of likely N-dealkylation sites (tertiary alicyclic amines) is 1. The molecule has 0 aliphatic carbocycles. The van der Waals surface area contributed by atoms with Crippen molar-refractivity contribution in [2.24, 2.45) is 0 Å². The summed E-state index contributed by atoms with van der Waals surface area (Å²) < 4.78 is 31.6. The maximum atomic E-state index is 14.9. The van der Waals surface area contributed by atoms with Crippen LogP contribution in [-0.4, -0.2) is 62.3 Å². The van der Waals surface area contributed by atoms with Gasteiger partial charge < -0.3 is 24.4 Å². The Morgan fingerprint density at radius 3 is 2.53 bits per heavy atom. The molecular weight excluding hydrogens is 489 g/mol. The van der Waals surface area contributed by atoms with Crippen molar-refractivity contribution in [3.05, 3.63) is 53.3 Å². The van der Waals surface area contributed by atoms with Gasteiger partial charge in [-0.2, -0.15) is 0 Å². The van der Waals surface area contributed by atoms with Gasteiger partial charge in [-0.25, -0.2) is 9.18 Å². The van der Waals surface area contributed by atoms with E-state index in [1.165, 1.54) is 19.2 Å². The van der Waals surface area contributed by atoms with Crippen molar-refractivity contribution in [1.29, 1.82) is 0 Å². The van der Waals surface area contributed by atoms with Gasteiger partial charge in [0, 0.05) is 30.8 Å². The van der Waals surface area contributed by atoms with E-state index >= 15 is 0 Å². The van der Waals surface area contributed by atoms with Gasteiger partial charge in [-0.3, -0.25) is 9.69 Å². The average molecular weight is 520 g/mol. The number of rotatable bonds is 5. The lowest BCUT2D eigenvalue weighted by atomic mass is 10.00. The number of piperidine rings is 2. The fourth-order valence-electron chi connectivity index (χ4n) is 5.07. The molecule has 0 aromatic heterocycles. The molecule has 2 amide bonds. The number of para-hydroxylation sites is 1. The first-order valence-electron chi connectivity index (χ1n) is 12.1. The summed E-state index contributed by atoms with van der Waals surface area (Å²) in [4.78, 5) is 29.2. The molecule has 3 aliphatic heterocycles. The summed E-state index contributed by atoms with van der Waals surface area (Å²) in [5, 5.41) is 3.25. The van der Waals surface area contributed by atoms with E-state index in [2.05, 4.69) is 5.32 Å². The number of halogens is 2. The van der Waals surface area contributed by atoms with Gasteiger partial charge in [0.1, 0.15) is 18.5 Å². The number of anilines is 1. The SMILES string of the molecule is COc1cc(OC2CCNCC2)c(F)cc1C(=O)N1CCC(N2C(=O)OCc3ccccc32)CC1.Cl. The van der Waals surface area contributed by atoms with Gasteiger partial charge in [0.2, 0.25) is 0 Å². The molecule has 0 bridgehead atoms. The van der Waals surface area contributed by atoms with Gasteiger partial charge in [-0.05, 0) is 50.9 Å². The Bertz CT molecular complexity index is 1100. The van der Waals surface area contributed by atoms with E-state index in [9.17, 15) is 14.0 Å². The number of hydrogen-bond donors (Lipinski definition) is 1. The summed E-state index contributed by atoms with van der Waals surface area (Å²) in [6, 6.07) is 10.3. The average Bonchev–Trinajstić information content (AvgIpc) is 2.90. The number of carbonyl (C=O) groups excluding carboxylic acids is 2.